The van der Waals surface area contributed by atoms with Gasteiger partial charge < -0.3 is 9.30 Å². The Morgan fingerprint density at radius 1 is 1.23 bits per heavy atom. The Morgan fingerprint density at radius 2 is 2.00 bits per heavy atom. The summed E-state index contributed by atoms with van der Waals surface area (Å²) < 4.78 is 8.60. The first-order valence-electron chi connectivity index (χ1n) is 9.69. The van der Waals surface area contributed by atoms with Crippen LogP contribution in [0.15, 0.2) is 42.9 Å². The Bertz CT molecular complexity index is 706. The van der Waals surface area contributed by atoms with Crippen LogP contribution < -0.4 is 0 Å². The molecule has 4 rings (SSSR count). The average Bonchev–Trinajstić information content (AvgIpc) is 3.25. The largest absolute Gasteiger partial charge is 0.373 e. The lowest BCUT2D eigenvalue weighted by Gasteiger charge is -2.39. The maximum atomic E-state index is 6.37. The number of aromatic nitrogens is 2. The van der Waals surface area contributed by atoms with Crippen molar-refractivity contribution in [3.05, 3.63) is 54.1 Å². The monoisotopic (exact) mass is 354 g/mol. The van der Waals surface area contributed by atoms with Gasteiger partial charge in [-0.3, -0.25) is 14.8 Å². The van der Waals surface area contributed by atoms with E-state index in [1.807, 2.05) is 12.4 Å². The van der Waals surface area contributed by atoms with Crippen LogP contribution in [0, 0.1) is 0 Å². The Morgan fingerprint density at radius 3 is 2.69 bits per heavy atom. The molecule has 0 radical (unpaired) electrons. The Balaban J connectivity index is 1.29. The quantitative estimate of drug-likeness (QED) is 0.827. The van der Waals surface area contributed by atoms with Crippen molar-refractivity contribution in [1.82, 2.24) is 19.4 Å². The summed E-state index contributed by atoms with van der Waals surface area (Å²) in [7, 11) is 4.35. The van der Waals surface area contributed by atoms with Crippen LogP contribution in [0.25, 0.3) is 0 Å². The molecule has 0 saturated carbocycles. The minimum Gasteiger partial charge on any atom is -0.373 e. The van der Waals surface area contributed by atoms with Crippen molar-refractivity contribution in [2.45, 2.75) is 44.0 Å². The number of hydrogen-bond donors (Lipinski definition) is 0. The standard InChI is InChI=1S/C21H30N4O/c1-23-11-3-4-19(23)16-25-12-7-21(8-13-25)14-20(17-26-21)24(2)15-18-5-9-22-10-6-18/h3-6,9-11,20H,7-8,12-17H2,1-2H3/t20-/m0/s1. The molecule has 2 aromatic rings. The van der Waals surface area contributed by atoms with Crippen molar-refractivity contribution in [2.24, 2.45) is 7.05 Å². The highest BCUT2D eigenvalue weighted by molar-refractivity contribution is 5.10. The first-order chi connectivity index (χ1) is 12.6. The van der Waals surface area contributed by atoms with Crippen LogP contribution in [-0.2, 0) is 24.9 Å². The van der Waals surface area contributed by atoms with Gasteiger partial charge >= 0.3 is 0 Å². The molecule has 1 spiro atoms. The molecule has 0 aromatic carbocycles. The molecule has 0 unspecified atom stereocenters. The molecule has 4 heterocycles. The zero-order valence-electron chi connectivity index (χ0n) is 16.0. The summed E-state index contributed by atoms with van der Waals surface area (Å²) in [6.45, 7) is 5.13. The summed E-state index contributed by atoms with van der Waals surface area (Å²) in [4.78, 5) is 9.12. The summed E-state index contributed by atoms with van der Waals surface area (Å²) >= 11 is 0. The van der Waals surface area contributed by atoms with Crippen molar-refractivity contribution in [3.8, 4) is 0 Å². The number of aryl methyl sites for hydroxylation is 1. The van der Waals surface area contributed by atoms with Gasteiger partial charge in [0.2, 0.25) is 0 Å². The molecular formula is C21H30N4O. The lowest BCUT2D eigenvalue weighted by molar-refractivity contribution is -0.0455. The molecule has 2 saturated heterocycles. The van der Waals surface area contributed by atoms with E-state index < -0.39 is 0 Å². The Labute approximate surface area is 156 Å². The lowest BCUT2D eigenvalue weighted by atomic mass is 9.87. The van der Waals surface area contributed by atoms with Gasteiger partial charge in [-0.15, -0.1) is 0 Å². The third-order valence-electron chi connectivity index (χ3n) is 6.20. The van der Waals surface area contributed by atoms with E-state index in [0.717, 1.165) is 52.0 Å². The predicted molar refractivity (Wildman–Crippen MR) is 103 cm³/mol. The summed E-state index contributed by atoms with van der Waals surface area (Å²) in [6, 6.07) is 9.07. The molecule has 2 fully saturated rings. The fourth-order valence-corrected chi connectivity index (χ4v) is 4.37. The first-order valence-corrected chi connectivity index (χ1v) is 9.69. The van der Waals surface area contributed by atoms with Gasteiger partial charge in [-0.1, -0.05) is 0 Å². The number of likely N-dealkylation sites (N-methyl/N-ethyl adjacent to an activating group) is 1. The fourth-order valence-electron chi connectivity index (χ4n) is 4.37. The van der Waals surface area contributed by atoms with Crippen LogP contribution >= 0.6 is 0 Å². The van der Waals surface area contributed by atoms with E-state index in [0.29, 0.717) is 6.04 Å². The van der Waals surface area contributed by atoms with Gasteiger partial charge in [0.05, 0.1) is 12.2 Å². The van der Waals surface area contributed by atoms with E-state index in [2.05, 4.69) is 63.9 Å². The number of nitrogens with zero attached hydrogens (tertiary/aromatic N) is 4. The number of piperidine rings is 1. The normalized spacial score (nSPS) is 23.1. The van der Waals surface area contributed by atoms with E-state index in [4.69, 9.17) is 4.74 Å². The molecule has 0 amide bonds. The highest BCUT2D eigenvalue weighted by Gasteiger charge is 2.43. The predicted octanol–water partition coefficient (Wildman–Crippen LogP) is 2.68. The third kappa shape index (κ3) is 3.85. The van der Waals surface area contributed by atoms with Crippen LogP contribution in [0.2, 0.25) is 0 Å². The van der Waals surface area contributed by atoms with Crippen LogP contribution in [0.5, 0.6) is 0 Å². The van der Waals surface area contributed by atoms with E-state index in [9.17, 15) is 0 Å². The second-order valence-corrected chi connectivity index (χ2v) is 8.01. The topological polar surface area (TPSA) is 33.5 Å². The van der Waals surface area contributed by atoms with Crippen molar-refractivity contribution in [1.29, 1.82) is 0 Å². The van der Waals surface area contributed by atoms with Gasteiger partial charge in [-0.25, -0.2) is 0 Å². The molecule has 5 heteroatoms. The first kappa shape index (κ1) is 17.7. The smallest absolute Gasteiger partial charge is 0.0723 e. The highest BCUT2D eigenvalue weighted by Crippen LogP contribution is 2.38. The summed E-state index contributed by atoms with van der Waals surface area (Å²) in [6.07, 6.45) is 9.33. The number of rotatable bonds is 5. The molecular weight excluding hydrogens is 324 g/mol. The number of pyridine rings is 1. The minimum absolute atomic E-state index is 0.0991. The van der Waals surface area contributed by atoms with E-state index >= 15 is 0 Å². The van der Waals surface area contributed by atoms with Crippen molar-refractivity contribution in [3.63, 3.8) is 0 Å². The second kappa shape index (κ2) is 7.51. The highest BCUT2D eigenvalue weighted by atomic mass is 16.5. The average molecular weight is 354 g/mol. The molecule has 2 aliphatic rings. The number of likely N-dealkylation sites (tertiary alicyclic amines) is 1. The zero-order chi connectivity index (χ0) is 18.0. The van der Waals surface area contributed by atoms with Crippen LogP contribution in [0.1, 0.15) is 30.5 Å². The van der Waals surface area contributed by atoms with E-state index in [-0.39, 0.29) is 5.60 Å². The molecule has 0 N–H and O–H groups in total. The maximum absolute atomic E-state index is 6.37. The SMILES string of the molecule is CN(Cc1ccncc1)[C@@H]1COC2(CCN(Cc3cccn3C)CC2)C1. The lowest BCUT2D eigenvalue weighted by Crippen LogP contribution is -2.44. The zero-order valence-corrected chi connectivity index (χ0v) is 16.0. The van der Waals surface area contributed by atoms with Gasteiger partial charge in [0.15, 0.2) is 0 Å². The Kier molecular flexibility index (Phi) is 5.11. The summed E-state index contributed by atoms with van der Waals surface area (Å²) in [5.74, 6) is 0. The van der Waals surface area contributed by atoms with Gasteiger partial charge in [0.25, 0.3) is 0 Å². The van der Waals surface area contributed by atoms with Crippen LogP contribution in [-0.4, -0.2) is 57.7 Å². The third-order valence-corrected chi connectivity index (χ3v) is 6.20. The van der Waals surface area contributed by atoms with Crippen molar-refractivity contribution in [2.75, 3.05) is 26.7 Å². The number of hydrogen-bond acceptors (Lipinski definition) is 4. The maximum Gasteiger partial charge on any atom is 0.0723 e. The van der Waals surface area contributed by atoms with E-state index in [1.54, 1.807) is 0 Å². The molecule has 140 valence electrons. The van der Waals surface area contributed by atoms with Crippen LogP contribution in [0.3, 0.4) is 0 Å². The van der Waals surface area contributed by atoms with Gasteiger partial charge in [-0.05, 0) is 56.1 Å². The summed E-state index contributed by atoms with van der Waals surface area (Å²) in [5, 5.41) is 0. The minimum atomic E-state index is 0.0991. The number of ether oxygens (including phenoxy) is 1. The molecule has 5 nitrogen and oxygen atoms in total. The van der Waals surface area contributed by atoms with Gasteiger partial charge in [0, 0.05) is 63.6 Å². The Hall–Kier alpha value is -1.69. The molecule has 2 aliphatic heterocycles. The molecule has 0 aliphatic carbocycles. The molecule has 2 aromatic heterocycles. The van der Waals surface area contributed by atoms with E-state index in [1.165, 1.54) is 11.3 Å². The molecule has 26 heavy (non-hydrogen) atoms. The second-order valence-electron chi connectivity index (χ2n) is 8.01. The fraction of sp³-hybridized carbons (Fsp3) is 0.571. The summed E-state index contributed by atoms with van der Waals surface area (Å²) in [5.41, 5.74) is 2.81. The molecule has 0 bridgehead atoms. The van der Waals surface area contributed by atoms with Crippen LogP contribution in [0.4, 0.5) is 0 Å². The molecule has 1 atom stereocenters. The van der Waals surface area contributed by atoms with Crippen molar-refractivity contribution < 1.29 is 4.74 Å². The van der Waals surface area contributed by atoms with Gasteiger partial charge in [-0.2, -0.15) is 0 Å². The van der Waals surface area contributed by atoms with Gasteiger partial charge in [0.1, 0.15) is 0 Å². The van der Waals surface area contributed by atoms with Crippen molar-refractivity contribution >= 4 is 0 Å².